The van der Waals surface area contributed by atoms with Crippen LogP contribution < -0.4 is 16.4 Å². The molecule has 296 valence electrons. The molecule has 0 bridgehead atoms. The molecule has 2 aliphatic heterocycles. The Morgan fingerprint density at radius 3 is 2.12 bits per heavy atom. The highest BCUT2D eigenvalue weighted by Gasteiger charge is 2.34. The molecular weight excluding hydrogens is 715 g/mol. The van der Waals surface area contributed by atoms with E-state index >= 15 is 0 Å². The van der Waals surface area contributed by atoms with Gasteiger partial charge in [0.2, 0.25) is 11.8 Å². The lowest BCUT2D eigenvalue weighted by molar-refractivity contribution is -0.253. The maximum absolute atomic E-state index is 12.6. The molecule has 2 fully saturated rings. The topological polar surface area (TPSA) is 129 Å². The molecule has 10 nitrogen and oxygen atoms in total. The molecule has 2 saturated heterocycles. The number of nitrogens with one attached hydrogen (secondary N) is 2. The molecule has 2 aliphatic rings. The third-order valence-corrected chi connectivity index (χ3v) is 10.8. The maximum Gasteiger partial charge on any atom is 0.224 e. The van der Waals surface area contributed by atoms with Gasteiger partial charge >= 0.3 is 0 Å². The first kappa shape index (κ1) is 39.9. The lowest BCUT2D eigenvalue weighted by Crippen LogP contribution is -2.49. The van der Waals surface area contributed by atoms with Crippen molar-refractivity contribution in [2.45, 2.75) is 63.9 Å². The molecule has 0 aromatic heterocycles. The smallest absolute Gasteiger partial charge is 0.224 e. The van der Waals surface area contributed by atoms with Gasteiger partial charge in [-0.2, -0.15) is 0 Å². The summed E-state index contributed by atoms with van der Waals surface area (Å²) < 4.78 is 13.3. The van der Waals surface area contributed by atoms with Gasteiger partial charge in [0.1, 0.15) is 0 Å². The van der Waals surface area contributed by atoms with Crippen molar-refractivity contribution in [3.05, 3.63) is 155 Å². The van der Waals surface area contributed by atoms with Crippen molar-refractivity contribution in [1.29, 1.82) is 0 Å². The van der Waals surface area contributed by atoms with Gasteiger partial charge in [-0.05, 0) is 58.0 Å². The minimum Gasteiger partial charge on any atom is -0.397 e. The van der Waals surface area contributed by atoms with Gasteiger partial charge in [0.25, 0.3) is 0 Å². The van der Waals surface area contributed by atoms with Crippen molar-refractivity contribution < 1.29 is 24.2 Å². The number of anilines is 2. The number of benzene rings is 5. The Morgan fingerprint density at radius 2 is 1.37 bits per heavy atom. The summed E-state index contributed by atoms with van der Waals surface area (Å²) in [7, 11) is 0. The lowest BCUT2D eigenvalue weighted by atomic mass is 9.98. The number of nitrogens with zero attached hydrogens (tertiary/aromatic N) is 2. The second-order valence-electron chi connectivity index (χ2n) is 15.0. The number of aliphatic hydroxyl groups is 1. The Bertz CT molecular complexity index is 2050. The van der Waals surface area contributed by atoms with Crippen LogP contribution >= 0.6 is 0 Å². The zero-order valence-corrected chi connectivity index (χ0v) is 32.4. The van der Waals surface area contributed by atoms with Crippen LogP contribution in [0.4, 0.5) is 11.4 Å². The molecule has 5 aromatic rings. The third kappa shape index (κ3) is 11.4. The van der Waals surface area contributed by atoms with Gasteiger partial charge < -0.3 is 30.9 Å². The Labute approximate surface area is 335 Å². The molecule has 2 amide bonds. The van der Waals surface area contributed by atoms with Gasteiger partial charge in [0.05, 0.1) is 30.2 Å². The Balaban J connectivity index is 0.934. The number of nitrogen functional groups attached to an aromatic ring is 1. The van der Waals surface area contributed by atoms with Crippen LogP contribution in [0.5, 0.6) is 0 Å². The standard InChI is InChI=1S/C47H53N5O5/c48-42-12-4-5-13-43(42)50-46(55)15-7-14-45(54)49-30-36-10-6-11-40(28-36)37-20-22-39(23-21-37)47-56-41(29-44(57-47)38-18-16-35(33-53)17-19-38)32-52-26-24-51(25-27-52)31-34-8-2-1-3-9-34/h1-6,8-13,16-23,28,41,44,47,53H,7,14-15,24-27,29-33,48H2,(H,49,54)(H,50,55). The fourth-order valence-corrected chi connectivity index (χ4v) is 7.51. The number of hydrogen-bond acceptors (Lipinski definition) is 8. The molecule has 0 saturated carbocycles. The zero-order chi connectivity index (χ0) is 39.4. The van der Waals surface area contributed by atoms with Crippen LogP contribution in [0.3, 0.4) is 0 Å². The average Bonchev–Trinajstić information content (AvgIpc) is 3.25. The van der Waals surface area contributed by atoms with Gasteiger partial charge in [0.15, 0.2) is 6.29 Å². The van der Waals surface area contributed by atoms with Crippen molar-refractivity contribution in [1.82, 2.24) is 15.1 Å². The van der Waals surface area contributed by atoms with E-state index in [2.05, 4.69) is 99.3 Å². The monoisotopic (exact) mass is 767 g/mol. The minimum absolute atomic E-state index is 0.00823. The summed E-state index contributed by atoms with van der Waals surface area (Å²) >= 11 is 0. The van der Waals surface area contributed by atoms with Crippen molar-refractivity contribution in [3.63, 3.8) is 0 Å². The first-order chi connectivity index (χ1) is 27.9. The summed E-state index contributed by atoms with van der Waals surface area (Å²) in [6.07, 6.45) is 1.00. The number of para-hydroxylation sites is 2. The number of piperazine rings is 1. The van der Waals surface area contributed by atoms with Crippen molar-refractivity contribution in [2.75, 3.05) is 43.8 Å². The summed E-state index contributed by atoms with van der Waals surface area (Å²) in [5, 5.41) is 15.4. The second-order valence-corrected chi connectivity index (χ2v) is 15.0. The van der Waals surface area contributed by atoms with Crippen molar-refractivity contribution in [3.8, 4) is 11.1 Å². The highest BCUT2D eigenvalue weighted by molar-refractivity contribution is 5.94. The predicted octanol–water partition coefficient (Wildman–Crippen LogP) is 7.22. The molecule has 0 radical (unpaired) electrons. The second kappa shape index (κ2) is 19.7. The minimum atomic E-state index is -0.524. The molecule has 5 aromatic carbocycles. The van der Waals surface area contributed by atoms with Gasteiger partial charge in [-0.15, -0.1) is 0 Å². The molecule has 0 aliphatic carbocycles. The third-order valence-electron chi connectivity index (χ3n) is 10.8. The molecular formula is C47H53N5O5. The molecule has 57 heavy (non-hydrogen) atoms. The van der Waals surface area contributed by atoms with Crippen LogP contribution in [0.1, 0.15) is 65.9 Å². The van der Waals surface area contributed by atoms with E-state index < -0.39 is 6.29 Å². The van der Waals surface area contributed by atoms with Crippen LogP contribution in [0.15, 0.2) is 127 Å². The normalized spacial score (nSPS) is 18.9. The summed E-state index contributed by atoms with van der Waals surface area (Å²) in [5.41, 5.74) is 14.3. The number of carbonyl (C=O) groups is 2. The molecule has 2 heterocycles. The van der Waals surface area contributed by atoms with Crippen LogP contribution in [0, 0.1) is 0 Å². The van der Waals surface area contributed by atoms with E-state index in [9.17, 15) is 14.7 Å². The molecule has 3 atom stereocenters. The first-order valence-corrected chi connectivity index (χ1v) is 20.0. The number of ether oxygens (including phenoxy) is 2. The van der Waals surface area contributed by atoms with E-state index in [1.54, 1.807) is 12.1 Å². The van der Waals surface area contributed by atoms with Gasteiger partial charge in [0, 0.05) is 70.6 Å². The SMILES string of the molecule is Nc1ccccc1NC(=O)CCCC(=O)NCc1cccc(-c2ccc(C3OC(CN4CCN(Cc5ccccc5)CC4)CC(c4ccc(CO)cc4)O3)cc2)c1. The largest absolute Gasteiger partial charge is 0.397 e. The fourth-order valence-electron chi connectivity index (χ4n) is 7.51. The Morgan fingerprint density at radius 1 is 0.684 bits per heavy atom. The highest BCUT2D eigenvalue weighted by atomic mass is 16.7. The molecule has 7 rings (SSSR count). The Hall–Kier alpha value is -5.36. The first-order valence-electron chi connectivity index (χ1n) is 20.0. The van der Waals surface area contributed by atoms with Gasteiger partial charge in [-0.1, -0.05) is 109 Å². The number of rotatable bonds is 15. The summed E-state index contributed by atoms with van der Waals surface area (Å²) in [6.45, 7) is 6.25. The number of amides is 2. The van der Waals surface area contributed by atoms with Crippen LogP contribution in [0.25, 0.3) is 11.1 Å². The molecule has 3 unspecified atom stereocenters. The van der Waals surface area contributed by atoms with E-state index in [0.717, 1.165) is 79.1 Å². The van der Waals surface area contributed by atoms with E-state index in [4.69, 9.17) is 15.2 Å². The van der Waals surface area contributed by atoms with E-state index in [1.165, 1.54) is 5.56 Å². The van der Waals surface area contributed by atoms with E-state index in [0.29, 0.717) is 24.3 Å². The predicted molar refractivity (Wildman–Crippen MR) is 224 cm³/mol. The molecule has 10 heteroatoms. The zero-order valence-electron chi connectivity index (χ0n) is 32.4. The van der Waals surface area contributed by atoms with Crippen LogP contribution in [0.2, 0.25) is 0 Å². The van der Waals surface area contributed by atoms with Crippen molar-refractivity contribution >= 4 is 23.2 Å². The number of nitrogens with two attached hydrogens (primary N) is 1. The van der Waals surface area contributed by atoms with Crippen LogP contribution in [-0.4, -0.2) is 65.5 Å². The number of hydrogen-bond donors (Lipinski definition) is 4. The average molecular weight is 768 g/mol. The van der Waals surface area contributed by atoms with Gasteiger partial charge in [-0.25, -0.2) is 0 Å². The summed E-state index contributed by atoms with van der Waals surface area (Å²) in [4.78, 5) is 30.0. The Kier molecular flexibility index (Phi) is 13.8. The van der Waals surface area contributed by atoms with E-state index in [1.807, 2.05) is 36.4 Å². The van der Waals surface area contributed by atoms with E-state index in [-0.39, 0.29) is 43.5 Å². The number of aliphatic hydroxyl groups excluding tert-OH is 1. The number of carbonyl (C=O) groups excluding carboxylic acids is 2. The molecule has 5 N–H and O–H groups in total. The van der Waals surface area contributed by atoms with Crippen molar-refractivity contribution in [2.24, 2.45) is 0 Å². The highest BCUT2D eigenvalue weighted by Crippen LogP contribution is 2.39. The quantitative estimate of drug-likeness (QED) is 0.0823. The summed E-state index contributed by atoms with van der Waals surface area (Å²) in [6, 6.07) is 42.3. The lowest BCUT2D eigenvalue weighted by Gasteiger charge is -2.40. The van der Waals surface area contributed by atoms with Crippen LogP contribution in [-0.2, 0) is 38.8 Å². The fraction of sp³-hybridized carbons (Fsp3) is 0.319. The van der Waals surface area contributed by atoms with Gasteiger partial charge in [-0.3, -0.25) is 19.4 Å². The molecule has 0 spiro atoms. The maximum atomic E-state index is 12.6. The summed E-state index contributed by atoms with van der Waals surface area (Å²) in [5.74, 6) is -0.270.